The van der Waals surface area contributed by atoms with E-state index >= 15 is 0 Å². The first-order valence-electron chi connectivity index (χ1n) is 6.33. The quantitative estimate of drug-likeness (QED) is 0.705. The number of rotatable bonds is 8. The second-order valence-corrected chi connectivity index (χ2v) is 4.56. The normalized spacial score (nSPS) is 12.4. The Labute approximate surface area is 114 Å². The third-order valence-electron chi connectivity index (χ3n) is 2.95. The summed E-state index contributed by atoms with van der Waals surface area (Å²) >= 11 is 0. The zero-order chi connectivity index (χ0) is 14.3. The number of carboxylic acid groups (broad SMARTS) is 1. The second kappa shape index (κ2) is 7.71. The van der Waals surface area contributed by atoms with Crippen LogP contribution in [0.5, 0.6) is 0 Å². The summed E-state index contributed by atoms with van der Waals surface area (Å²) in [5.41, 5.74) is 2.00. The molecule has 0 radical (unpaired) electrons. The van der Waals surface area contributed by atoms with Gasteiger partial charge >= 0.3 is 5.97 Å². The molecule has 1 aromatic rings. The molecular weight excluding hydrogens is 242 g/mol. The molecule has 0 aliphatic carbocycles. The topological polar surface area (TPSA) is 60.8 Å². The monoisotopic (exact) mass is 263 g/mol. The van der Waals surface area contributed by atoms with Gasteiger partial charge in [-0.15, -0.1) is 0 Å². The molecule has 2 N–H and O–H groups in total. The van der Waals surface area contributed by atoms with E-state index in [2.05, 4.69) is 6.58 Å². The molecule has 1 unspecified atom stereocenters. The molecule has 0 saturated heterocycles. The van der Waals surface area contributed by atoms with E-state index in [0.717, 1.165) is 11.1 Å². The zero-order valence-electron chi connectivity index (χ0n) is 11.2. The maximum absolute atomic E-state index is 10.7. The lowest BCUT2D eigenvalue weighted by atomic mass is 9.99. The van der Waals surface area contributed by atoms with Crippen molar-refractivity contribution in [1.29, 1.82) is 0 Å². The molecule has 1 rings (SSSR count). The standard InChI is InChI=1S/C15H21NO3/c1-12(2)15(13-6-4-3-5-7-13)16(10-11-17)9-8-14(18)19/h3-7,15,17H,1,8-11H2,2H3,(H,18,19). The summed E-state index contributed by atoms with van der Waals surface area (Å²) in [4.78, 5) is 12.7. The van der Waals surface area contributed by atoms with E-state index < -0.39 is 5.97 Å². The highest BCUT2D eigenvalue weighted by atomic mass is 16.4. The highest BCUT2D eigenvalue weighted by molar-refractivity contribution is 5.66. The van der Waals surface area contributed by atoms with Crippen LogP contribution in [0.1, 0.15) is 24.9 Å². The van der Waals surface area contributed by atoms with Crippen molar-refractivity contribution in [2.75, 3.05) is 19.7 Å². The Morgan fingerprint density at radius 1 is 1.32 bits per heavy atom. The first-order valence-corrected chi connectivity index (χ1v) is 6.33. The van der Waals surface area contributed by atoms with Gasteiger partial charge in [0, 0.05) is 13.1 Å². The molecule has 0 aromatic heterocycles. The van der Waals surface area contributed by atoms with Crippen LogP contribution < -0.4 is 0 Å². The number of aliphatic hydroxyl groups excluding tert-OH is 1. The van der Waals surface area contributed by atoms with E-state index in [1.165, 1.54) is 0 Å². The summed E-state index contributed by atoms with van der Waals surface area (Å²) in [6.45, 7) is 6.73. The van der Waals surface area contributed by atoms with E-state index in [1.54, 1.807) is 0 Å². The van der Waals surface area contributed by atoms with E-state index in [1.807, 2.05) is 42.2 Å². The summed E-state index contributed by atoms with van der Waals surface area (Å²) in [6, 6.07) is 9.74. The Balaban J connectivity index is 2.92. The lowest BCUT2D eigenvalue weighted by molar-refractivity contribution is -0.137. The predicted molar refractivity (Wildman–Crippen MR) is 74.9 cm³/mol. The van der Waals surface area contributed by atoms with Crippen LogP contribution in [0.3, 0.4) is 0 Å². The fraction of sp³-hybridized carbons (Fsp3) is 0.400. The van der Waals surface area contributed by atoms with Gasteiger partial charge in [0.2, 0.25) is 0 Å². The third-order valence-corrected chi connectivity index (χ3v) is 2.95. The van der Waals surface area contributed by atoms with Crippen molar-refractivity contribution in [3.8, 4) is 0 Å². The molecule has 0 bridgehead atoms. The second-order valence-electron chi connectivity index (χ2n) is 4.56. The van der Waals surface area contributed by atoms with Crippen molar-refractivity contribution in [3.05, 3.63) is 48.0 Å². The Kier molecular flexibility index (Phi) is 6.25. The van der Waals surface area contributed by atoms with E-state index in [4.69, 9.17) is 10.2 Å². The third kappa shape index (κ3) is 4.85. The van der Waals surface area contributed by atoms with Crippen molar-refractivity contribution in [1.82, 2.24) is 4.90 Å². The number of nitrogens with zero attached hydrogens (tertiary/aromatic N) is 1. The van der Waals surface area contributed by atoms with Crippen molar-refractivity contribution in [2.24, 2.45) is 0 Å². The van der Waals surface area contributed by atoms with Crippen molar-refractivity contribution in [3.63, 3.8) is 0 Å². The lowest BCUT2D eigenvalue weighted by Gasteiger charge is -2.31. The molecule has 0 saturated carbocycles. The fourth-order valence-electron chi connectivity index (χ4n) is 2.18. The lowest BCUT2D eigenvalue weighted by Crippen LogP contribution is -2.34. The van der Waals surface area contributed by atoms with Crippen molar-refractivity contribution >= 4 is 5.97 Å². The number of hydrogen-bond acceptors (Lipinski definition) is 3. The molecule has 4 nitrogen and oxygen atoms in total. The summed E-state index contributed by atoms with van der Waals surface area (Å²) in [7, 11) is 0. The summed E-state index contributed by atoms with van der Waals surface area (Å²) in [5.74, 6) is -0.837. The summed E-state index contributed by atoms with van der Waals surface area (Å²) in [6.07, 6.45) is 0.0522. The molecular formula is C15H21NO3. The van der Waals surface area contributed by atoms with E-state index in [0.29, 0.717) is 13.1 Å². The van der Waals surface area contributed by atoms with Crippen LogP contribution in [0.15, 0.2) is 42.5 Å². The average Bonchev–Trinajstić information content (AvgIpc) is 2.37. The largest absolute Gasteiger partial charge is 0.481 e. The summed E-state index contributed by atoms with van der Waals surface area (Å²) < 4.78 is 0. The number of aliphatic carboxylic acids is 1. The van der Waals surface area contributed by atoms with E-state index in [9.17, 15) is 4.79 Å². The molecule has 0 spiro atoms. The van der Waals surface area contributed by atoms with Gasteiger partial charge in [-0.1, -0.05) is 42.5 Å². The number of carboxylic acids is 1. The SMILES string of the molecule is C=C(C)C(c1ccccc1)N(CCO)CCC(=O)O. The number of benzene rings is 1. The maximum atomic E-state index is 10.7. The van der Waals surface area contributed by atoms with Crippen molar-refractivity contribution in [2.45, 2.75) is 19.4 Å². The number of carbonyl (C=O) groups is 1. The highest BCUT2D eigenvalue weighted by Crippen LogP contribution is 2.27. The molecule has 19 heavy (non-hydrogen) atoms. The minimum Gasteiger partial charge on any atom is -0.481 e. The van der Waals surface area contributed by atoms with Gasteiger partial charge in [-0.3, -0.25) is 9.69 Å². The van der Waals surface area contributed by atoms with Gasteiger partial charge in [0.25, 0.3) is 0 Å². The van der Waals surface area contributed by atoms with E-state index in [-0.39, 0.29) is 19.1 Å². The predicted octanol–water partition coefficient (Wildman–Crippen LogP) is 2.07. The molecule has 4 heteroatoms. The van der Waals surface area contributed by atoms with Gasteiger partial charge in [-0.05, 0) is 12.5 Å². The summed E-state index contributed by atoms with van der Waals surface area (Å²) in [5, 5.41) is 18.0. The molecule has 0 fully saturated rings. The first-order chi connectivity index (χ1) is 9.06. The zero-order valence-corrected chi connectivity index (χ0v) is 11.2. The Bertz CT molecular complexity index is 417. The van der Waals surface area contributed by atoms with Gasteiger partial charge in [0.15, 0.2) is 0 Å². The van der Waals surface area contributed by atoms with Gasteiger partial charge in [-0.25, -0.2) is 0 Å². The minimum atomic E-state index is -0.837. The maximum Gasteiger partial charge on any atom is 0.304 e. The van der Waals surface area contributed by atoms with Gasteiger partial charge in [-0.2, -0.15) is 0 Å². The smallest absolute Gasteiger partial charge is 0.304 e. The highest BCUT2D eigenvalue weighted by Gasteiger charge is 2.21. The average molecular weight is 263 g/mol. The first kappa shape index (κ1) is 15.4. The van der Waals surface area contributed by atoms with Crippen LogP contribution in [0.2, 0.25) is 0 Å². The number of hydrogen-bond donors (Lipinski definition) is 2. The number of aliphatic hydroxyl groups is 1. The van der Waals surface area contributed by atoms with Gasteiger partial charge < -0.3 is 10.2 Å². The van der Waals surface area contributed by atoms with Crippen molar-refractivity contribution < 1.29 is 15.0 Å². The molecule has 104 valence electrons. The van der Waals surface area contributed by atoms with Gasteiger partial charge in [0.05, 0.1) is 19.1 Å². The molecule has 0 heterocycles. The van der Waals surface area contributed by atoms with Crippen LogP contribution in [0.25, 0.3) is 0 Å². The Hall–Kier alpha value is -1.65. The molecule has 0 aliphatic rings. The Morgan fingerprint density at radius 3 is 2.42 bits per heavy atom. The Morgan fingerprint density at radius 2 is 1.95 bits per heavy atom. The molecule has 1 atom stereocenters. The van der Waals surface area contributed by atoms with Crippen LogP contribution in [-0.2, 0) is 4.79 Å². The molecule has 0 amide bonds. The molecule has 1 aromatic carbocycles. The van der Waals surface area contributed by atoms with Crippen LogP contribution in [-0.4, -0.2) is 40.8 Å². The van der Waals surface area contributed by atoms with Crippen LogP contribution >= 0.6 is 0 Å². The molecule has 0 aliphatic heterocycles. The van der Waals surface area contributed by atoms with Crippen LogP contribution in [0, 0.1) is 0 Å². The fourth-order valence-corrected chi connectivity index (χ4v) is 2.18. The van der Waals surface area contributed by atoms with Gasteiger partial charge in [0.1, 0.15) is 0 Å². The van der Waals surface area contributed by atoms with Crippen LogP contribution in [0.4, 0.5) is 0 Å². The minimum absolute atomic E-state index is 0.00374.